The lowest BCUT2D eigenvalue weighted by Crippen LogP contribution is -2.54. The fraction of sp³-hybridized carbons (Fsp3) is 0.926. The predicted molar refractivity (Wildman–Crippen MR) is 121 cm³/mol. The minimum Gasteiger partial charge on any atom is -0.469 e. The van der Waals surface area contributed by atoms with Gasteiger partial charge in [-0.15, -0.1) is 0 Å². The predicted octanol–water partition coefficient (Wildman–Crippen LogP) is 6.17. The summed E-state index contributed by atoms with van der Waals surface area (Å²) in [6.07, 6.45) is 13.1. The van der Waals surface area contributed by atoms with Crippen LogP contribution in [-0.4, -0.2) is 25.2 Å². The number of hydrogen-bond acceptors (Lipinski definition) is 4. The van der Waals surface area contributed by atoms with Gasteiger partial charge in [-0.3, -0.25) is 9.59 Å². The quantitative estimate of drug-likeness (QED) is 0.488. The zero-order chi connectivity index (χ0) is 22.4. The molecule has 9 atom stereocenters. The Labute approximate surface area is 189 Å². The highest BCUT2D eigenvalue weighted by molar-refractivity contribution is 5.69. The van der Waals surface area contributed by atoms with Gasteiger partial charge in [-0.25, -0.2) is 0 Å². The van der Waals surface area contributed by atoms with Crippen LogP contribution in [0.15, 0.2) is 0 Å². The molecular weight excluding hydrogens is 388 g/mol. The molecule has 0 aromatic heterocycles. The molecule has 4 aliphatic carbocycles. The van der Waals surface area contributed by atoms with Crippen molar-refractivity contribution in [3.63, 3.8) is 0 Å². The molecule has 0 heterocycles. The number of ether oxygens (including phenoxy) is 2. The Kier molecular flexibility index (Phi) is 6.49. The average Bonchev–Trinajstić information content (AvgIpc) is 3.08. The Morgan fingerprint density at radius 3 is 2.39 bits per heavy atom. The molecular formula is C27H44O4. The van der Waals surface area contributed by atoms with Gasteiger partial charge in [0.05, 0.1) is 7.11 Å². The maximum Gasteiger partial charge on any atom is 0.305 e. The summed E-state index contributed by atoms with van der Waals surface area (Å²) in [6, 6.07) is 0. The molecule has 0 bridgehead atoms. The summed E-state index contributed by atoms with van der Waals surface area (Å²) < 4.78 is 10.6. The van der Waals surface area contributed by atoms with Crippen LogP contribution in [0.5, 0.6) is 0 Å². The molecule has 0 spiro atoms. The number of hydrogen-bond donors (Lipinski definition) is 0. The fourth-order valence-electron chi connectivity index (χ4n) is 9.27. The van der Waals surface area contributed by atoms with E-state index in [1.165, 1.54) is 52.1 Å². The van der Waals surface area contributed by atoms with Crippen molar-refractivity contribution in [3.05, 3.63) is 0 Å². The molecule has 4 heteroatoms. The molecule has 0 amide bonds. The van der Waals surface area contributed by atoms with Gasteiger partial charge in [0.25, 0.3) is 0 Å². The van der Waals surface area contributed by atoms with Crippen molar-refractivity contribution >= 4 is 11.9 Å². The molecule has 31 heavy (non-hydrogen) atoms. The Morgan fingerprint density at radius 2 is 1.68 bits per heavy atom. The van der Waals surface area contributed by atoms with E-state index in [1.807, 2.05) is 0 Å². The Morgan fingerprint density at radius 1 is 0.968 bits per heavy atom. The first-order chi connectivity index (χ1) is 14.7. The van der Waals surface area contributed by atoms with Gasteiger partial charge < -0.3 is 9.47 Å². The van der Waals surface area contributed by atoms with Gasteiger partial charge in [-0.1, -0.05) is 20.8 Å². The van der Waals surface area contributed by atoms with Gasteiger partial charge in [0.2, 0.25) is 0 Å². The lowest BCUT2D eigenvalue weighted by Gasteiger charge is -2.61. The van der Waals surface area contributed by atoms with Crippen molar-refractivity contribution in [2.75, 3.05) is 7.11 Å². The van der Waals surface area contributed by atoms with Crippen molar-refractivity contribution in [2.45, 2.75) is 104 Å². The maximum absolute atomic E-state index is 11.7. The van der Waals surface area contributed by atoms with E-state index in [0.29, 0.717) is 23.2 Å². The third kappa shape index (κ3) is 4.06. The largest absolute Gasteiger partial charge is 0.469 e. The highest BCUT2D eigenvalue weighted by atomic mass is 16.5. The Hall–Kier alpha value is -1.06. The molecule has 4 rings (SSSR count). The lowest BCUT2D eigenvalue weighted by molar-refractivity contribution is -0.163. The number of methoxy groups -OCH3 is 1. The van der Waals surface area contributed by atoms with Gasteiger partial charge in [0, 0.05) is 13.3 Å². The first kappa shape index (κ1) is 23.1. The third-order valence-electron chi connectivity index (χ3n) is 10.7. The summed E-state index contributed by atoms with van der Waals surface area (Å²) in [4.78, 5) is 23.3. The van der Waals surface area contributed by atoms with Crippen molar-refractivity contribution in [2.24, 2.45) is 46.3 Å². The smallest absolute Gasteiger partial charge is 0.305 e. The molecule has 0 unspecified atom stereocenters. The van der Waals surface area contributed by atoms with Gasteiger partial charge in [-0.2, -0.15) is 0 Å². The van der Waals surface area contributed by atoms with E-state index in [2.05, 4.69) is 20.8 Å². The van der Waals surface area contributed by atoms with Crippen molar-refractivity contribution in [1.82, 2.24) is 0 Å². The summed E-state index contributed by atoms with van der Waals surface area (Å²) >= 11 is 0. The first-order valence-electron chi connectivity index (χ1n) is 12.9. The molecule has 0 aromatic carbocycles. The molecule has 0 saturated heterocycles. The van der Waals surface area contributed by atoms with E-state index in [9.17, 15) is 9.59 Å². The number of fused-ring (bicyclic) bond motifs is 5. The van der Waals surface area contributed by atoms with Crippen molar-refractivity contribution in [1.29, 1.82) is 0 Å². The molecule has 4 aliphatic rings. The topological polar surface area (TPSA) is 52.6 Å². The lowest BCUT2D eigenvalue weighted by atomic mass is 9.44. The van der Waals surface area contributed by atoms with Crippen LogP contribution in [0.3, 0.4) is 0 Å². The van der Waals surface area contributed by atoms with Crippen LogP contribution < -0.4 is 0 Å². The van der Waals surface area contributed by atoms with E-state index in [-0.39, 0.29) is 18.0 Å². The summed E-state index contributed by atoms with van der Waals surface area (Å²) in [5, 5.41) is 0. The van der Waals surface area contributed by atoms with E-state index >= 15 is 0 Å². The molecule has 4 fully saturated rings. The van der Waals surface area contributed by atoms with Crippen molar-refractivity contribution < 1.29 is 19.1 Å². The zero-order valence-electron chi connectivity index (χ0n) is 20.5. The number of esters is 2. The molecule has 0 aliphatic heterocycles. The highest BCUT2D eigenvalue weighted by Gasteiger charge is 2.60. The van der Waals surface area contributed by atoms with Crippen LogP contribution in [0, 0.1) is 46.3 Å². The fourth-order valence-corrected chi connectivity index (χ4v) is 9.27. The summed E-state index contributed by atoms with van der Waals surface area (Å²) in [5.41, 5.74) is 0.751. The first-order valence-corrected chi connectivity index (χ1v) is 12.9. The summed E-state index contributed by atoms with van der Waals surface area (Å²) in [5.74, 6) is 4.37. The maximum atomic E-state index is 11.7. The zero-order valence-corrected chi connectivity index (χ0v) is 20.5. The van der Waals surface area contributed by atoms with Crippen LogP contribution >= 0.6 is 0 Å². The van der Waals surface area contributed by atoms with Crippen LogP contribution in [-0.2, 0) is 19.1 Å². The van der Waals surface area contributed by atoms with Crippen LogP contribution in [0.25, 0.3) is 0 Å². The normalized spacial score (nSPS) is 45.1. The second-order valence-corrected chi connectivity index (χ2v) is 12.0. The average molecular weight is 433 g/mol. The third-order valence-corrected chi connectivity index (χ3v) is 10.7. The molecule has 4 saturated carbocycles. The van der Waals surface area contributed by atoms with E-state index in [4.69, 9.17) is 9.47 Å². The van der Waals surface area contributed by atoms with Crippen LogP contribution in [0.4, 0.5) is 0 Å². The van der Waals surface area contributed by atoms with Crippen molar-refractivity contribution in [3.8, 4) is 0 Å². The van der Waals surface area contributed by atoms with Crippen LogP contribution in [0.2, 0.25) is 0 Å². The monoisotopic (exact) mass is 432 g/mol. The van der Waals surface area contributed by atoms with E-state index in [1.54, 1.807) is 6.92 Å². The minimum absolute atomic E-state index is 0.0684. The van der Waals surface area contributed by atoms with E-state index in [0.717, 1.165) is 48.9 Å². The summed E-state index contributed by atoms with van der Waals surface area (Å²) in [7, 11) is 1.50. The van der Waals surface area contributed by atoms with Gasteiger partial charge in [-0.05, 0) is 111 Å². The van der Waals surface area contributed by atoms with Crippen LogP contribution in [0.1, 0.15) is 98.3 Å². The highest BCUT2D eigenvalue weighted by Crippen LogP contribution is 2.68. The molecule has 176 valence electrons. The standard InChI is InChI=1S/C27H44O4/c1-17(6-13-25(29)30-5)22-11-12-23-21-10-8-19-7-9-20(31-18(2)28)16-27(19,4)24(21)14-15-26(22,23)3/h17,19-24H,6-16H2,1-5H3/t17-,19+,20-,21+,22-,23+,24+,26-,27+/m1/s1. The Bertz CT molecular complexity index is 689. The number of carbonyl (C=O) groups is 2. The second-order valence-electron chi connectivity index (χ2n) is 12.0. The Balaban J connectivity index is 1.48. The van der Waals surface area contributed by atoms with E-state index < -0.39 is 0 Å². The van der Waals surface area contributed by atoms with Gasteiger partial charge in [0.1, 0.15) is 6.10 Å². The molecule has 4 nitrogen and oxygen atoms in total. The second kappa shape index (κ2) is 8.71. The van der Waals surface area contributed by atoms with Gasteiger partial charge in [0.15, 0.2) is 0 Å². The molecule has 0 N–H and O–H groups in total. The molecule has 0 radical (unpaired) electrons. The number of rotatable bonds is 5. The summed E-state index contributed by atoms with van der Waals surface area (Å²) in [6.45, 7) is 9.05. The molecule has 0 aromatic rings. The van der Waals surface area contributed by atoms with Gasteiger partial charge >= 0.3 is 11.9 Å². The SMILES string of the molecule is COC(=O)CC[C@@H](C)[C@H]1CC[C@H]2[C@@H]3CC[C@@H]4CC[C@@H](OC(C)=O)C[C@]4(C)[C@H]3CC[C@]12C. The minimum atomic E-state index is -0.116. The number of carbonyl (C=O) groups excluding carboxylic acids is 2.